The van der Waals surface area contributed by atoms with E-state index in [0.29, 0.717) is 18.0 Å². The van der Waals surface area contributed by atoms with Crippen LogP contribution in [0.5, 0.6) is 0 Å². The van der Waals surface area contributed by atoms with E-state index in [9.17, 15) is 9.59 Å². The Morgan fingerprint density at radius 2 is 1.35 bits per heavy atom. The van der Waals surface area contributed by atoms with Crippen LogP contribution in [0.3, 0.4) is 0 Å². The molecular weight excluding hydrogens is 475 g/mol. The highest BCUT2D eigenvalue weighted by Gasteiger charge is 2.13. The molecule has 0 amide bonds. The molecule has 0 aliphatic rings. The molecule has 178 valence electrons. The number of esters is 1. The molecular formula is C25H26Cl2N4O3. The number of halogens is 2. The first-order chi connectivity index (χ1) is 16.4. The van der Waals surface area contributed by atoms with E-state index in [-0.39, 0.29) is 11.3 Å². The molecule has 2 heterocycles. The smallest absolute Gasteiger partial charge is 0.358 e. The Balaban J connectivity index is 0.000000219. The molecule has 9 heteroatoms. The van der Waals surface area contributed by atoms with Crippen molar-refractivity contribution in [2.75, 3.05) is 11.9 Å². The molecule has 34 heavy (non-hydrogen) atoms. The highest BCUT2D eigenvalue weighted by Crippen LogP contribution is 2.12. The fourth-order valence-corrected chi connectivity index (χ4v) is 3.00. The second kappa shape index (κ2) is 14.0. The number of ether oxygens (including phenoxy) is 1. The fraction of sp³-hybridized carbons (Fsp3) is 0.200. The summed E-state index contributed by atoms with van der Waals surface area (Å²) in [5.41, 5.74) is 4.57. The molecule has 0 N–H and O–H groups in total. The summed E-state index contributed by atoms with van der Waals surface area (Å²) in [5.74, 6) is -0.384. The molecule has 0 atom stereocenters. The van der Waals surface area contributed by atoms with Gasteiger partial charge in [0.25, 0.3) is 0 Å². The monoisotopic (exact) mass is 500 g/mol. The zero-order valence-electron chi connectivity index (χ0n) is 19.2. The summed E-state index contributed by atoms with van der Waals surface area (Å²) in [6, 6.07) is 22.9. The molecule has 0 aliphatic carbocycles. The van der Waals surface area contributed by atoms with Crippen LogP contribution >= 0.6 is 23.2 Å². The third kappa shape index (κ3) is 7.57. The molecule has 0 bridgehead atoms. The largest absolute Gasteiger partial charge is 0.461 e. The van der Waals surface area contributed by atoms with Crippen LogP contribution in [0.2, 0.25) is 0 Å². The van der Waals surface area contributed by atoms with Gasteiger partial charge in [0.05, 0.1) is 23.3 Å². The standard InChI is InChI=1S/C13H14N2O2.C11H10N2O.CH2Cl2/c1-3-17-13(16)12-9-10(2)15(14-12)11-7-5-4-6-8-11;1-9-7-10(8-14)12-13(9)11-5-3-2-4-6-11;2-1-3/h4-9H,3H2,1-2H3;2-8H,1H3;1H2. The summed E-state index contributed by atoms with van der Waals surface area (Å²) in [7, 11) is 0. The summed E-state index contributed by atoms with van der Waals surface area (Å²) in [6.45, 7) is 5.96. The molecule has 0 aliphatic heterocycles. The number of carbonyl (C=O) groups excluding carboxylic acids is 2. The van der Waals surface area contributed by atoms with Gasteiger partial charge in [-0.15, -0.1) is 23.2 Å². The second-order valence-corrected chi connectivity index (χ2v) is 7.62. The maximum atomic E-state index is 11.5. The number of hydrogen-bond donors (Lipinski definition) is 0. The highest BCUT2D eigenvalue weighted by molar-refractivity contribution is 6.40. The number of benzene rings is 2. The van der Waals surface area contributed by atoms with Gasteiger partial charge in [-0.2, -0.15) is 10.2 Å². The van der Waals surface area contributed by atoms with Crippen molar-refractivity contribution < 1.29 is 14.3 Å². The van der Waals surface area contributed by atoms with Crippen LogP contribution < -0.4 is 0 Å². The highest BCUT2D eigenvalue weighted by atomic mass is 35.5. The van der Waals surface area contributed by atoms with Gasteiger partial charge in [-0.1, -0.05) is 36.4 Å². The van der Waals surface area contributed by atoms with Crippen LogP contribution in [-0.2, 0) is 4.74 Å². The van der Waals surface area contributed by atoms with Crippen molar-refractivity contribution in [3.05, 3.63) is 95.6 Å². The lowest BCUT2D eigenvalue weighted by Gasteiger charge is -2.02. The number of hydrogen-bond acceptors (Lipinski definition) is 5. The van der Waals surface area contributed by atoms with Gasteiger partial charge in [-0.3, -0.25) is 4.79 Å². The number of aryl methyl sites for hydroxylation is 2. The molecule has 0 saturated carbocycles. The topological polar surface area (TPSA) is 79.0 Å². The number of rotatable bonds is 5. The fourth-order valence-electron chi connectivity index (χ4n) is 3.00. The molecule has 2 aromatic carbocycles. The van der Waals surface area contributed by atoms with Gasteiger partial charge in [0.1, 0.15) is 5.69 Å². The van der Waals surface area contributed by atoms with E-state index in [1.807, 2.05) is 74.5 Å². The molecule has 0 spiro atoms. The zero-order valence-corrected chi connectivity index (χ0v) is 20.7. The molecule has 2 aromatic heterocycles. The Bertz CT molecular complexity index is 1180. The van der Waals surface area contributed by atoms with Crippen molar-refractivity contribution >= 4 is 35.5 Å². The van der Waals surface area contributed by atoms with Gasteiger partial charge in [0, 0.05) is 11.4 Å². The Labute approximate surface area is 208 Å². The van der Waals surface area contributed by atoms with Gasteiger partial charge in [0.2, 0.25) is 0 Å². The lowest BCUT2D eigenvalue weighted by atomic mass is 10.3. The van der Waals surface area contributed by atoms with E-state index < -0.39 is 0 Å². The van der Waals surface area contributed by atoms with Gasteiger partial charge >= 0.3 is 5.97 Å². The predicted molar refractivity (Wildman–Crippen MR) is 135 cm³/mol. The van der Waals surface area contributed by atoms with Crippen molar-refractivity contribution in [3.8, 4) is 11.4 Å². The Hall–Kier alpha value is -3.42. The van der Waals surface area contributed by atoms with E-state index in [0.717, 1.165) is 29.0 Å². The first kappa shape index (κ1) is 26.8. The van der Waals surface area contributed by atoms with E-state index >= 15 is 0 Å². The number of aromatic nitrogens is 4. The summed E-state index contributed by atoms with van der Waals surface area (Å²) in [6.07, 6.45) is 0.756. The predicted octanol–water partition coefficient (Wildman–Crippen LogP) is 5.77. The van der Waals surface area contributed by atoms with Gasteiger partial charge in [-0.05, 0) is 57.2 Å². The Kier molecular flexibility index (Phi) is 11.0. The van der Waals surface area contributed by atoms with Crippen LogP contribution in [0.25, 0.3) is 11.4 Å². The third-order valence-corrected chi connectivity index (χ3v) is 4.40. The first-order valence-electron chi connectivity index (χ1n) is 10.4. The maximum absolute atomic E-state index is 11.5. The van der Waals surface area contributed by atoms with Crippen molar-refractivity contribution in [1.82, 2.24) is 19.6 Å². The minimum absolute atomic E-state index is 0.194. The van der Waals surface area contributed by atoms with Crippen LogP contribution in [-0.4, -0.2) is 43.8 Å². The molecule has 0 radical (unpaired) electrons. The Morgan fingerprint density at radius 1 is 0.882 bits per heavy atom. The number of para-hydroxylation sites is 2. The van der Waals surface area contributed by atoms with Gasteiger partial charge < -0.3 is 4.74 Å². The SMILES string of the molecule is CCOC(=O)c1cc(C)n(-c2ccccc2)n1.Cc1cc(C=O)nn1-c1ccccc1.ClCCl. The van der Waals surface area contributed by atoms with Crippen LogP contribution in [0.15, 0.2) is 72.8 Å². The average Bonchev–Trinajstić information content (AvgIpc) is 3.44. The molecule has 4 aromatic rings. The van der Waals surface area contributed by atoms with E-state index in [1.54, 1.807) is 28.4 Å². The van der Waals surface area contributed by atoms with Gasteiger partial charge in [-0.25, -0.2) is 14.2 Å². The van der Waals surface area contributed by atoms with Crippen LogP contribution in [0, 0.1) is 13.8 Å². The number of alkyl halides is 2. The zero-order chi connectivity index (χ0) is 24.9. The van der Waals surface area contributed by atoms with Crippen LogP contribution in [0.1, 0.15) is 39.3 Å². The lowest BCUT2D eigenvalue weighted by Crippen LogP contribution is -2.06. The minimum Gasteiger partial charge on any atom is -0.461 e. The van der Waals surface area contributed by atoms with E-state index in [1.165, 1.54) is 0 Å². The van der Waals surface area contributed by atoms with Crippen molar-refractivity contribution in [2.24, 2.45) is 0 Å². The van der Waals surface area contributed by atoms with Crippen molar-refractivity contribution in [3.63, 3.8) is 0 Å². The molecule has 0 unspecified atom stereocenters. The molecule has 7 nitrogen and oxygen atoms in total. The number of carbonyl (C=O) groups is 2. The number of aldehydes is 1. The van der Waals surface area contributed by atoms with E-state index in [2.05, 4.69) is 10.2 Å². The van der Waals surface area contributed by atoms with Crippen LogP contribution in [0.4, 0.5) is 0 Å². The summed E-state index contributed by atoms with van der Waals surface area (Å²) >= 11 is 9.53. The lowest BCUT2D eigenvalue weighted by molar-refractivity contribution is 0.0519. The third-order valence-electron chi connectivity index (χ3n) is 4.40. The quantitative estimate of drug-likeness (QED) is 0.197. The summed E-state index contributed by atoms with van der Waals surface area (Å²) < 4.78 is 8.40. The Morgan fingerprint density at radius 3 is 1.79 bits per heavy atom. The summed E-state index contributed by atoms with van der Waals surface area (Å²) in [4.78, 5) is 22.1. The maximum Gasteiger partial charge on any atom is 0.358 e. The van der Waals surface area contributed by atoms with Crippen molar-refractivity contribution in [2.45, 2.75) is 20.8 Å². The van der Waals surface area contributed by atoms with E-state index in [4.69, 9.17) is 27.9 Å². The first-order valence-corrected chi connectivity index (χ1v) is 11.5. The molecule has 0 saturated heterocycles. The summed E-state index contributed by atoms with van der Waals surface area (Å²) in [5, 5.41) is 8.58. The second-order valence-electron chi connectivity index (χ2n) is 6.82. The van der Waals surface area contributed by atoms with Gasteiger partial charge in [0.15, 0.2) is 12.0 Å². The average molecular weight is 501 g/mol. The van der Waals surface area contributed by atoms with Crippen molar-refractivity contribution in [1.29, 1.82) is 0 Å². The normalized spacial score (nSPS) is 9.79. The molecule has 4 rings (SSSR count). The molecule has 0 fully saturated rings. The minimum atomic E-state index is -0.384. The number of nitrogens with zero attached hydrogens (tertiary/aromatic N) is 4.